The zero-order valence-corrected chi connectivity index (χ0v) is 23.3. The summed E-state index contributed by atoms with van der Waals surface area (Å²) in [7, 11) is -0.258. The van der Waals surface area contributed by atoms with Gasteiger partial charge in [0.25, 0.3) is 0 Å². The third-order valence-corrected chi connectivity index (χ3v) is 9.14. The number of benzene rings is 2. The molecule has 4 rings (SSSR count). The molecule has 3 aromatic rings. The van der Waals surface area contributed by atoms with Crippen LogP contribution in [0.2, 0.25) is 10.0 Å². The molecule has 1 saturated heterocycles. The minimum Gasteiger partial charge on any atom is -0.487 e. The molecule has 37 heavy (non-hydrogen) atoms. The number of nitrogens with zero attached hydrogens (tertiary/aromatic N) is 3. The molecule has 0 radical (unpaired) electrons. The molecule has 0 spiro atoms. The van der Waals surface area contributed by atoms with Gasteiger partial charge in [0, 0.05) is 41.3 Å². The number of carbonyl (C=O) groups is 1. The molecule has 1 amide bonds. The van der Waals surface area contributed by atoms with Crippen LogP contribution in [-0.4, -0.2) is 68.3 Å². The molecule has 0 saturated carbocycles. The minimum atomic E-state index is -4.06. The van der Waals surface area contributed by atoms with Crippen LogP contribution in [0.25, 0.3) is 10.9 Å². The first-order chi connectivity index (χ1) is 17.6. The highest BCUT2D eigenvalue weighted by Crippen LogP contribution is 2.36. The van der Waals surface area contributed by atoms with E-state index in [4.69, 9.17) is 27.9 Å². The lowest BCUT2D eigenvalue weighted by molar-refractivity contribution is -0.124. The summed E-state index contributed by atoms with van der Waals surface area (Å²) in [6.07, 6.45) is 1.03. The van der Waals surface area contributed by atoms with E-state index in [9.17, 15) is 13.2 Å². The van der Waals surface area contributed by atoms with Crippen molar-refractivity contribution in [2.24, 2.45) is 0 Å². The average molecular weight is 566 g/mol. The Morgan fingerprint density at radius 3 is 2.73 bits per heavy atom. The van der Waals surface area contributed by atoms with Gasteiger partial charge in [-0.05, 0) is 58.1 Å². The van der Waals surface area contributed by atoms with E-state index in [2.05, 4.69) is 10.3 Å². The predicted molar refractivity (Wildman–Crippen MR) is 146 cm³/mol. The molecule has 8 nitrogen and oxygen atoms in total. The van der Waals surface area contributed by atoms with E-state index in [1.807, 2.05) is 50.2 Å². The van der Waals surface area contributed by atoms with Crippen molar-refractivity contribution in [1.29, 1.82) is 0 Å². The number of hydrogen-bond acceptors (Lipinski definition) is 6. The number of halogens is 2. The largest absolute Gasteiger partial charge is 0.487 e. The Labute approximate surface area is 227 Å². The molecular formula is C26H30Cl2N4O4S. The summed E-state index contributed by atoms with van der Waals surface area (Å²) in [6.45, 7) is 3.17. The number of hydrogen-bond donors (Lipinski definition) is 1. The maximum absolute atomic E-state index is 13.7. The number of rotatable bonds is 9. The maximum Gasteiger partial charge on any atom is 0.245 e. The molecule has 1 fully saturated rings. The summed E-state index contributed by atoms with van der Waals surface area (Å²) < 4.78 is 34.6. The van der Waals surface area contributed by atoms with E-state index >= 15 is 0 Å². The first-order valence-corrected chi connectivity index (χ1v) is 14.2. The summed E-state index contributed by atoms with van der Waals surface area (Å²) in [4.78, 5) is 19.2. The van der Waals surface area contributed by atoms with Gasteiger partial charge < -0.3 is 15.0 Å². The lowest BCUT2D eigenvalue weighted by atomic mass is 10.2. The average Bonchev–Trinajstić information content (AvgIpc) is 3.35. The third-order valence-electron chi connectivity index (χ3n) is 6.30. The second-order valence-electron chi connectivity index (χ2n) is 9.28. The molecule has 0 aliphatic carbocycles. The molecule has 1 aliphatic heterocycles. The van der Waals surface area contributed by atoms with Crippen LogP contribution in [0.5, 0.6) is 5.75 Å². The zero-order valence-electron chi connectivity index (χ0n) is 21.0. The van der Waals surface area contributed by atoms with Crippen molar-refractivity contribution in [2.75, 3.05) is 33.7 Å². The Hall–Kier alpha value is -2.43. The number of fused-ring (bicyclic) bond motifs is 1. The number of aromatic nitrogens is 1. The van der Waals surface area contributed by atoms with Crippen LogP contribution < -0.4 is 10.1 Å². The van der Waals surface area contributed by atoms with Gasteiger partial charge in [-0.1, -0.05) is 41.4 Å². The second-order valence-corrected chi connectivity index (χ2v) is 11.9. The van der Waals surface area contributed by atoms with E-state index < -0.39 is 16.1 Å². The highest BCUT2D eigenvalue weighted by molar-refractivity contribution is 7.89. The van der Waals surface area contributed by atoms with Crippen molar-refractivity contribution in [3.63, 3.8) is 0 Å². The highest BCUT2D eigenvalue weighted by atomic mass is 35.5. The van der Waals surface area contributed by atoms with Crippen LogP contribution in [0.3, 0.4) is 0 Å². The lowest BCUT2D eigenvalue weighted by Gasteiger charge is -2.25. The molecule has 2 aromatic carbocycles. The van der Waals surface area contributed by atoms with Crippen LogP contribution in [0.4, 0.5) is 0 Å². The van der Waals surface area contributed by atoms with Crippen LogP contribution in [0.1, 0.15) is 24.1 Å². The fourth-order valence-corrected chi connectivity index (χ4v) is 6.85. The van der Waals surface area contributed by atoms with Gasteiger partial charge in [-0.25, -0.2) is 13.4 Å². The fraction of sp³-hybridized carbons (Fsp3) is 0.385. The van der Waals surface area contributed by atoms with Crippen molar-refractivity contribution >= 4 is 50.0 Å². The van der Waals surface area contributed by atoms with Gasteiger partial charge in [-0.15, -0.1) is 0 Å². The Kier molecular flexibility index (Phi) is 8.60. The predicted octanol–water partition coefficient (Wildman–Crippen LogP) is 4.26. The third kappa shape index (κ3) is 6.02. The van der Waals surface area contributed by atoms with E-state index in [-0.39, 0.29) is 34.0 Å². The summed E-state index contributed by atoms with van der Waals surface area (Å²) in [6, 6.07) is 11.5. The number of ether oxygens (including phenoxy) is 1. The quantitative estimate of drug-likeness (QED) is 0.417. The van der Waals surface area contributed by atoms with Crippen LogP contribution >= 0.6 is 23.2 Å². The fourth-order valence-electron chi connectivity index (χ4n) is 4.33. The highest BCUT2D eigenvalue weighted by Gasteiger charge is 2.40. The van der Waals surface area contributed by atoms with Crippen molar-refractivity contribution in [3.8, 4) is 5.75 Å². The first kappa shape index (κ1) is 27.6. The second kappa shape index (κ2) is 11.5. The van der Waals surface area contributed by atoms with E-state index in [0.29, 0.717) is 42.8 Å². The zero-order chi connectivity index (χ0) is 26.7. The van der Waals surface area contributed by atoms with E-state index in [0.717, 1.165) is 11.1 Å². The molecule has 2 heterocycles. The van der Waals surface area contributed by atoms with Gasteiger partial charge in [-0.3, -0.25) is 4.79 Å². The van der Waals surface area contributed by atoms with Crippen molar-refractivity contribution in [3.05, 3.63) is 63.8 Å². The number of nitrogens with one attached hydrogen (secondary N) is 1. The number of amides is 1. The SMILES string of the molecule is Cc1ccc2cccc(OCc3c(Cl)ccc(S(=O)(=O)N4CCCC4C(=O)NCCN(C)C)c3Cl)c2n1. The Morgan fingerprint density at radius 1 is 1.19 bits per heavy atom. The Bertz CT molecular complexity index is 1420. The van der Waals surface area contributed by atoms with Gasteiger partial charge in [0.1, 0.15) is 28.8 Å². The maximum atomic E-state index is 13.7. The lowest BCUT2D eigenvalue weighted by Crippen LogP contribution is -2.47. The number of aryl methyl sites for hydroxylation is 1. The molecule has 1 unspecified atom stereocenters. The van der Waals surface area contributed by atoms with Gasteiger partial charge in [0.05, 0.1) is 5.02 Å². The topological polar surface area (TPSA) is 91.8 Å². The van der Waals surface area contributed by atoms with Crippen LogP contribution in [0, 0.1) is 6.92 Å². The van der Waals surface area contributed by atoms with Crippen LogP contribution in [0.15, 0.2) is 47.4 Å². The summed E-state index contributed by atoms with van der Waals surface area (Å²) >= 11 is 13.1. The molecule has 1 N–H and O–H groups in total. The van der Waals surface area contributed by atoms with Crippen molar-refractivity contribution in [2.45, 2.75) is 37.3 Å². The number of para-hydroxylation sites is 1. The van der Waals surface area contributed by atoms with Gasteiger partial charge in [-0.2, -0.15) is 4.31 Å². The van der Waals surface area contributed by atoms with Gasteiger partial charge >= 0.3 is 0 Å². The first-order valence-electron chi connectivity index (χ1n) is 12.0. The molecule has 0 bridgehead atoms. The minimum absolute atomic E-state index is 0.0180. The van der Waals surface area contributed by atoms with Crippen LogP contribution in [-0.2, 0) is 21.4 Å². The smallest absolute Gasteiger partial charge is 0.245 e. The summed E-state index contributed by atoms with van der Waals surface area (Å²) in [5, 5.41) is 4.02. The van der Waals surface area contributed by atoms with E-state index in [1.165, 1.54) is 16.4 Å². The van der Waals surface area contributed by atoms with Gasteiger partial charge in [0.2, 0.25) is 15.9 Å². The molecular weight excluding hydrogens is 535 g/mol. The number of pyridine rings is 1. The molecule has 1 atom stereocenters. The number of likely N-dealkylation sites (N-methyl/N-ethyl adjacent to an activating group) is 1. The Balaban J connectivity index is 1.58. The Morgan fingerprint density at radius 2 is 1.97 bits per heavy atom. The summed E-state index contributed by atoms with van der Waals surface area (Å²) in [5.74, 6) is 0.228. The standard InChI is InChI=1S/C26H30Cl2N4O4S/c1-17-9-10-18-6-4-8-22(25(18)30-17)36-16-19-20(27)11-12-23(24(19)28)37(34,35)32-14-5-7-21(32)26(33)29-13-15-31(2)3/h4,6,8-12,21H,5,7,13-16H2,1-3H3,(H,29,33). The molecule has 1 aliphatic rings. The molecule has 198 valence electrons. The number of sulfonamides is 1. The summed E-state index contributed by atoms with van der Waals surface area (Å²) in [5.41, 5.74) is 1.89. The molecule has 11 heteroatoms. The van der Waals surface area contributed by atoms with Crippen molar-refractivity contribution in [1.82, 2.24) is 19.5 Å². The van der Waals surface area contributed by atoms with E-state index in [1.54, 1.807) is 6.07 Å². The van der Waals surface area contributed by atoms with Gasteiger partial charge in [0.15, 0.2) is 0 Å². The normalized spacial score (nSPS) is 16.4. The van der Waals surface area contributed by atoms with Crippen molar-refractivity contribution < 1.29 is 17.9 Å². The molecule has 1 aromatic heterocycles. The monoisotopic (exact) mass is 564 g/mol. The number of carbonyl (C=O) groups excluding carboxylic acids is 1.